The average Bonchev–Trinajstić information content (AvgIpc) is 2.87. The average molecular weight is 254 g/mol. The molecule has 1 aromatic rings. The molecule has 5 nitrogen and oxygen atoms in total. The quantitative estimate of drug-likeness (QED) is 0.759. The van der Waals surface area contributed by atoms with E-state index >= 15 is 0 Å². The standard InChI is InChI=1S/C11H12O5.C2H6/c1-6-7(11(12)14-3)4-8-10(9(6)13-2)16-5-15-8;1-2/h4H,5H2,1-3H3;1-2H3. The lowest BCUT2D eigenvalue weighted by atomic mass is 10.1. The van der Waals surface area contributed by atoms with Crippen LogP contribution in [-0.4, -0.2) is 27.0 Å². The number of carbonyl (C=O) groups is 1. The predicted octanol–water partition coefficient (Wildman–Crippen LogP) is 2.55. The van der Waals surface area contributed by atoms with Crippen LogP contribution >= 0.6 is 0 Å². The van der Waals surface area contributed by atoms with Crippen molar-refractivity contribution < 1.29 is 23.7 Å². The Labute approximate surface area is 107 Å². The second-order valence-corrected chi connectivity index (χ2v) is 3.31. The highest BCUT2D eigenvalue weighted by Gasteiger charge is 2.26. The Bertz CT molecular complexity index is 439. The van der Waals surface area contributed by atoms with Crippen LogP contribution in [0, 0.1) is 6.92 Å². The second-order valence-electron chi connectivity index (χ2n) is 3.31. The van der Waals surface area contributed by atoms with Gasteiger partial charge in [0.15, 0.2) is 11.5 Å². The van der Waals surface area contributed by atoms with E-state index in [1.54, 1.807) is 13.0 Å². The smallest absolute Gasteiger partial charge is 0.338 e. The number of hydrogen-bond acceptors (Lipinski definition) is 5. The molecule has 1 aromatic carbocycles. The molecule has 0 bridgehead atoms. The van der Waals surface area contributed by atoms with Gasteiger partial charge in [0.1, 0.15) is 0 Å². The Balaban J connectivity index is 0.000000771. The number of ether oxygens (including phenoxy) is 4. The van der Waals surface area contributed by atoms with Gasteiger partial charge in [-0.05, 0) is 13.0 Å². The molecule has 0 amide bonds. The minimum atomic E-state index is -0.422. The summed E-state index contributed by atoms with van der Waals surface area (Å²) in [5, 5.41) is 0. The van der Waals surface area contributed by atoms with Crippen LogP contribution in [0.5, 0.6) is 17.2 Å². The summed E-state index contributed by atoms with van der Waals surface area (Å²) in [5.41, 5.74) is 1.10. The van der Waals surface area contributed by atoms with Crippen molar-refractivity contribution in [3.05, 3.63) is 17.2 Å². The molecule has 0 unspecified atom stereocenters. The van der Waals surface area contributed by atoms with Gasteiger partial charge in [-0.3, -0.25) is 0 Å². The molecule has 0 saturated carbocycles. The van der Waals surface area contributed by atoms with Gasteiger partial charge in [-0.25, -0.2) is 4.79 Å². The van der Waals surface area contributed by atoms with Crippen LogP contribution in [0.1, 0.15) is 29.8 Å². The van der Waals surface area contributed by atoms with E-state index in [2.05, 4.69) is 4.74 Å². The first kappa shape index (κ1) is 14.2. The van der Waals surface area contributed by atoms with Crippen molar-refractivity contribution in [2.45, 2.75) is 20.8 Å². The van der Waals surface area contributed by atoms with Gasteiger partial charge in [-0.1, -0.05) is 13.8 Å². The van der Waals surface area contributed by atoms with E-state index in [1.807, 2.05) is 13.8 Å². The van der Waals surface area contributed by atoms with E-state index in [4.69, 9.17) is 14.2 Å². The molecule has 0 saturated heterocycles. The van der Waals surface area contributed by atoms with E-state index in [1.165, 1.54) is 14.2 Å². The lowest BCUT2D eigenvalue weighted by Crippen LogP contribution is -2.05. The van der Waals surface area contributed by atoms with Gasteiger partial charge >= 0.3 is 5.97 Å². The first-order chi connectivity index (χ1) is 8.69. The molecular formula is C13H18O5. The lowest BCUT2D eigenvalue weighted by molar-refractivity contribution is 0.0599. The Morgan fingerprint density at radius 2 is 1.94 bits per heavy atom. The summed E-state index contributed by atoms with van der Waals surface area (Å²) >= 11 is 0. The van der Waals surface area contributed by atoms with Crippen molar-refractivity contribution in [3.63, 3.8) is 0 Å². The van der Waals surface area contributed by atoms with Gasteiger partial charge in [0.25, 0.3) is 0 Å². The zero-order chi connectivity index (χ0) is 13.7. The summed E-state index contributed by atoms with van der Waals surface area (Å²) in [7, 11) is 2.85. The highest BCUT2D eigenvalue weighted by molar-refractivity contribution is 5.93. The maximum atomic E-state index is 11.5. The zero-order valence-corrected chi connectivity index (χ0v) is 11.3. The normalized spacial score (nSPS) is 11.4. The van der Waals surface area contributed by atoms with Gasteiger partial charge in [-0.15, -0.1) is 0 Å². The van der Waals surface area contributed by atoms with Crippen LogP contribution in [0.25, 0.3) is 0 Å². The third kappa shape index (κ3) is 2.34. The first-order valence-corrected chi connectivity index (χ1v) is 5.74. The third-order valence-corrected chi connectivity index (χ3v) is 2.48. The van der Waals surface area contributed by atoms with Gasteiger partial charge in [0.2, 0.25) is 12.5 Å². The number of carbonyl (C=O) groups excluding carboxylic acids is 1. The number of hydrogen-bond donors (Lipinski definition) is 0. The zero-order valence-electron chi connectivity index (χ0n) is 11.3. The molecule has 0 radical (unpaired) electrons. The SMILES string of the molecule is CC.COC(=O)c1cc2c(c(OC)c1C)OCO2. The van der Waals surface area contributed by atoms with Gasteiger partial charge in [-0.2, -0.15) is 0 Å². The molecule has 0 aromatic heterocycles. The van der Waals surface area contributed by atoms with Crippen molar-refractivity contribution in [2.24, 2.45) is 0 Å². The molecule has 1 aliphatic rings. The molecule has 2 rings (SSSR count). The molecule has 0 spiro atoms. The fourth-order valence-electron chi connectivity index (χ4n) is 1.67. The van der Waals surface area contributed by atoms with E-state index in [9.17, 15) is 4.79 Å². The van der Waals surface area contributed by atoms with Crippen molar-refractivity contribution >= 4 is 5.97 Å². The Hall–Kier alpha value is -1.91. The van der Waals surface area contributed by atoms with Crippen LogP contribution in [0.4, 0.5) is 0 Å². The summed E-state index contributed by atoms with van der Waals surface area (Å²) in [6.07, 6.45) is 0. The first-order valence-electron chi connectivity index (χ1n) is 5.74. The maximum Gasteiger partial charge on any atom is 0.338 e. The fourth-order valence-corrected chi connectivity index (χ4v) is 1.67. The number of esters is 1. The van der Waals surface area contributed by atoms with Gasteiger partial charge in [0.05, 0.1) is 19.8 Å². The lowest BCUT2D eigenvalue weighted by Gasteiger charge is -2.11. The molecular weight excluding hydrogens is 236 g/mol. The fraction of sp³-hybridized carbons (Fsp3) is 0.462. The topological polar surface area (TPSA) is 54.0 Å². The van der Waals surface area contributed by atoms with Crippen LogP contribution in [0.2, 0.25) is 0 Å². The molecule has 0 N–H and O–H groups in total. The van der Waals surface area contributed by atoms with Crippen LogP contribution in [0.15, 0.2) is 6.07 Å². The van der Waals surface area contributed by atoms with E-state index < -0.39 is 5.97 Å². The number of methoxy groups -OCH3 is 2. The summed E-state index contributed by atoms with van der Waals surface area (Å²) in [6.45, 7) is 5.91. The van der Waals surface area contributed by atoms with Gasteiger partial charge in [0, 0.05) is 5.56 Å². The molecule has 1 heterocycles. The highest BCUT2D eigenvalue weighted by atomic mass is 16.7. The Morgan fingerprint density at radius 1 is 1.28 bits per heavy atom. The van der Waals surface area contributed by atoms with Crippen LogP contribution in [0.3, 0.4) is 0 Å². The van der Waals surface area contributed by atoms with Crippen LogP contribution in [-0.2, 0) is 4.74 Å². The Kier molecular flexibility index (Phi) is 4.83. The number of fused-ring (bicyclic) bond motifs is 1. The van der Waals surface area contributed by atoms with E-state index in [0.717, 1.165) is 0 Å². The number of rotatable bonds is 2. The molecule has 18 heavy (non-hydrogen) atoms. The monoisotopic (exact) mass is 254 g/mol. The molecule has 5 heteroatoms. The predicted molar refractivity (Wildman–Crippen MR) is 66.5 cm³/mol. The summed E-state index contributed by atoms with van der Waals surface area (Å²) < 4.78 is 20.4. The largest absolute Gasteiger partial charge is 0.492 e. The van der Waals surface area contributed by atoms with E-state index in [0.29, 0.717) is 28.4 Å². The minimum Gasteiger partial charge on any atom is -0.492 e. The summed E-state index contributed by atoms with van der Waals surface area (Å²) in [4.78, 5) is 11.5. The van der Waals surface area contributed by atoms with E-state index in [-0.39, 0.29) is 6.79 Å². The van der Waals surface area contributed by atoms with Crippen molar-refractivity contribution in [2.75, 3.05) is 21.0 Å². The highest BCUT2D eigenvalue weighted by Crippen LogP contribution is 2.44. The number of benzene rings is 1. The van der Waals surface area contributed by atoms with Crippen molar-refractivity contribution in [1.29, 1.82) is 0 Å². The second kappa shape index (κ2) is 6.14. The Morgan fingerprint density at radius 3 is 2.50 bits per heavy atom. The molecule has 1 aliphatic heterocycles. The van der Waals surface area contributed by atoms with Crippen molar-refractivity contribution in [1.82, 2.24) is 0 Å². The molecule has 0 fully saturated rings. The van der Waals surface area contributed by atoms with Crippen molar-refractivity contribution in [3.8, 4) is 17.2 Å². The van der Waals surface area contributed by atoms with Gasteiger partial charge < -0.3 is 18.9 Å². The molecule has 0 atom stereocenters. The maximum absolute atomic E-state index is 11.5. The summed E-state index contributed by atoms with van der Waals surface area (Å²) in [6, 6.07) is 1.60. The molecule has 100 valence electrons. The minimum absolute atomic E-state index is 0.135. The molecule has 0 aliphatic carbocycles. The third-order valence-electron chi connectivity index (χ3n) is 2.48. The van der Waals surface area contributed by atoms with Crippen LogP contribution < -0.4 is 14.2 Å². The summed E-state index contributed by atoms with van der Waals surface area (Å²) in [5.74, 6) is 1.13.